The van der Waals surface area contributed by atoms with E-state index in [2.05, 4.69) is 19.9 Å². The minimum atomic E-state index is -0.112. The third kappa shape index (κ3) is 3.22. The molecule has 0 amide bonds. The van der Waals surface area contributed by atoms with Gasteiger partial charge in [-0.1, -0.05) is 0 Å². The first kappa shape index (κ1) is 14.0. The molecule has 0 radical (unpaired) electrons. The number of hydrogen-bond donors (Lipinski definition) is 3. The van der Waals surface area contributed by atoms with Crippen molar-refractivity contribution >= 4 is 22.9 Å². The van der Waals surface area contributed by atoms with E-state index in [1.165, 1.54) is 0 Å². The summed E-state index contributed by atoms with van der Waals surface area (Å²) in [6, 6.07) is 0. The molecule has 2 atom stereocenters. The van der Waals surface area contributed by atoms with Crippen molar-refractivity contribution in [3.8, 4) is 0 Å². The summed E-state index contributed by atoms with van der Waals surface area (Å²) >= 11 is 0. The summed E-state index contributed by atoms with van der Waals surface area (Å²) in [6.45, 7) is 2.77. The molecule has 0 aromatic carbocycles. The van der Waals surface area contributed by atoms with Gasteiger partial charge in [-0.2, -0.15) is 9.97 Å². The highest BCUT2D eigenvalue weighted by Crippen LogP contribution is 2.19. The number of anilines is 2. The molecular weight excluding hydrogens is 272 g/mol. The lowest BCUT2D eigenvalue weighted by atomic mass is 10.2. The van der Waals surface area contributed by atoms with Gasteiger partial charge in [-0.15, -0.1) is 0 Å². The Bertz CT molecular complexity index is 622. The second-order valence-electron chi connectivity index (χ2n) is 5.30. The van der Waals surface area contributed by atoms with Gasteiger partial charge in [0.15, 0.2) is 17.8 Å². The molecule has 8 nitrogen and oxygen atoms in total. The van der Waals surface area contributed by atoms with E-state index < -0.39 is 0 Å². The summed E-state index contributed by atoms with van der Waals surface area (Å²) in [4.78, 5) is 15.5. The Labute approximate surface area is 122 Å². The third-order valence-corrected chi connectivity index (χ3v) is 3.45. The molecule has 0 aliphatic carbocycles. The Hall–Kier alpha value is -1.93. The number of nitrogens with one attached hydrogen (secondary N) is 1. The van der Waals surface area contributed by atoms with E-state index in [1.807, 2.05) is 6.92 Å². The smallest absolute Gasteiger partial charge is 0.224 e. The molecule has 5 N–H and O–H groups in total. The first-order valence-corrected chi connectivity index (χ1v) is 7.16. The summed E-state index contributed by atoms with van der Waals surface area (Å²) in [5.41, 5.74) is 12.5. The summed E-state index contributed by atoms with van der Waals surface area (Å²) in [5.74, 6) is 1.18. The number of nitrogen functional groups attached to an aromatic ring is 2. The predicted molar refractivity (Wildman–Crippen MR) is 78.4 cm³/mol. The van der Waals surface area contributed by atoms with Crippen molar-refractivity contribution in [3.05, 3.63) is 5.82 Å². The number of nitrogens with zero attached hydrogens (tertiary/aromatic N) is 3. The van der Waals surface area contributed by atoms with E-state index >= 15 is 0 Å². The molecule has 2 unspecified atom stereocenters. The standard InChI is InChI=1S/C13H20N6O2/c1-7(21-9-4-2-3-5-20-9)6-8-16-10-11(14)18-13(15)19-12(10)17-8/h7,9H,2-6H2,1H3,(H5,14,15,16,17,18,19). The summed E-state index contributed by atoms with van der Waals surface area (Å²) in [7, 11) is 0. The molecule has 114 valence electrons. The van der Waals surface area contributed by atoms with Crippen LogP contribution < -0.4 is 11.5 Å². The molecule has 1 aliphatic heterocycles. The van der Waals surface area contributed by atoms with E-state index in [4.69, 9.17) is 20.9 Å². The maximum absolute atomic E-state index is 5.87. The van der Waals surface area contributed by atoms with Gasteiger partial charge >= 0.3 is 0 Å². The maximum atomic E-state index is 5.87. The zero-order valence-electron chi connectivity index (χ0n) is 12.0. The van der Waals surface area contributed by atoms with Gasteiger partial charge in [0.05, 0.1) is 6.10 Å². The third-order valence-electron chi connectivity index (χ3n) is 3.45. The SMILES string of the molecule is CC(Cc1nc2nc(N)nc(N)c2[nH]1)OC1CCCCO1. The Morgan fingerprint density at radius 3 is 2.95 bits per heavy atom. The van der Waals surface area contributed by atoms with Gasteiger partial charge in [-0.3, -0.25) is 0 Å². The van der Waals surface area contributed by atoms with Crippen LogP contribution in [-0.2, 0) is 15.9 Å². The molecule has 3 heterocycles. The number of imidazole rings is 1. The molecule has 0 bridgehead atoms. The fourth-order valence-electron chi connectivity index (χ4n) is 2.48. The lowest BCUT2D eigenvalue weighted by molar-refractivity contribution is -0.184. The highest BCUT2D eigenvalue weighted by Gasteiger charge is 2.19. The van der Waals surface area contributed by atoms with E-state index in [0.29, 0.717) is 23.4 Å². The average molecular weight is 292 g/mol. The molecule has 1 aliphatic rings. The molecule has 8 heteroatoms. The second-order valence-corrected chi connectivity index (χ2v) is 5.30. The highest BCUT2D eigenvalue weighted by atomic mass is 16.7. The average Bonchev–Trinajstić information content (AvgIpc) is 2.82. The van der Waals surface area contributed by atoms with Crippen molar-refractivity contribution < 1.29 is 9.47 Å². The van der Waals surface area contributed by atoms with Crippen LogP contribution in [0.2, 0.25) is 0 Å². The number of rotatable bonds is 4. The lowest BCUT2D eigenvalue weighted by Crippen LogP contribution is -2.27. The molecule has 1 fully saturated rings. The van der Waals surface area contributed by atoms with Crippen LogP contribution in [0.1, 0.15) is 32.0 Å². The van der Waals surface area contributed by atoms with Crippen molar-refractivity contribution in [2.24, 2.45) is 0 Å². The van der Waals surface area contributed by atoms with Crippen molar-refractivity contribution in [2.75, 3.05) is 18.1 Å². The number of fused-ring (bicyclic) bond motifs is 1. The zero-order valence-corrected chi connectivity index (χ0v) is 12.0. The number of nitrogens with two attached hydrogens (primary N) is 2. The molecule has 2 aromatic rings. The van der Waals surface area contributed by atoms with Crippen molar-refractivity contribution in [3.63, 3.8) is 0 Å². The Balaban J connectivity index is 1.68. The molecule has 2 aromatic heterocycles. The van der Waals surface area contributed by atoms with Gasteiger partial charge in [-0.25, -0.2) is 4.98 Å². The molecule has 21 heavy (non-hydrogen) atoms. The summed E-state index contributed by atoms with van der Waals surface area (Å²) in [6.07, 6.45) is 3.69. The molecule has 0 saturated carbocycles. The largest absolute Gasteiger partial charge is 0.382 e. The van der Waals surface area contributed by atoms with E-state index in [9.17, 15) is 0 Å². The monoisotopic (exact) mass is 292 g/mol. The minimum absolute atomic E-state index is 0.0137. The van der Waals surface area contributed by atoms with Crippen LogP contribution in [0.4, 0.5) is 11.8 Å². The van der Waals surface area contributed by atoms with Gasteiger partial charge in [-0.05, 0) is 26.2 Å². The number of aromatic nitrogens is 4. The van der Waals surface area contributed by atoms with Gasteiger partial charge in [0.25, 0.3) is 0 Å². The minimum Gasteiger partial charge on any atom is -0.382 e. The van der Waals surface area contributed by atoms with Crippen molar-refractivity contribution in [2.45, 2.75) is 45.0 Å². The first-order chi connectivity index (χ1) is 10.1. The molecule has 3 rings (SSSR count). The highest BCUT2D eigenvalue weighted by molar-refractivity contribution is 5.82. The van der Waals surface area contributed by atoms with Crippen LogP contribution in [0.15, 0.2) is 0 Å². The van der Waals surface area contributed by atoms with Crippen LogP contribution in [0, 0.1) is 0 Å². The Morgan fingerprint density at radius 1 is 1.33 bits per heavy atom. The maximum Gasteiger partial charge on any atom is 0.224 e. The Morgan fingerprint density at radius 2 is 2.19 bits per heavy atom. The lowest BCUT2D eigenvalue weighted by Gasteiger charge is -2.25. The second kappa shape index (κ2) is 5.82. The van der Waals surface area contributed by atoms with Crippen LogP contribution in [0.3, 0.4) is 0 Å². The summed E-state index contributed by atoms with van der Waals surface area (Å²) < 4.78 is 11.4. The fourth-order valence-corrected chi connectivity index (χ4v) is 2.48. The quantitative estimate of drug-likeness (QED) is 0.767. The van der Waals surface area contributed by atoms with E-state index in [1.54, 1.807) is 0 Å². The topological polar surface area (TPSA) is 125 Å². The van der Waals surface area contributed by atoms with Crippen LogP contribution >= 0.6 is 0 Å². The van der Waals surface area contributed by atoms with Crippen LogP contribution in [0.5, 0.6) is 0 Å². The first-order valence-electron chi connectivity index (χ1n) is 7.16. The molecule has 1 saturated heterocycles. The van der Waals surface area contributed by atoms with Gasteiger partial charge in [0.1, 0.15) is 11.3 Å². The predicted octanol–water partition coefficient (Wildman–Crippen LogP) is 0.991. The number of ether oxygens (including phenoxy) is 2. The van der Waals surface area contributed by atoms with Crippen molar-refractivity contribution in [1.29, 1.82) is 0 Å². The van der Waals surface area contributed by atoms with E-state index in [0.717, 1.165) is 31.7 Å². The number of aromatic amines is 1. The van der Waals surface area contributed by atoms with Crippen LogP contribution in [0.25, 0.3) is 11.2 Å². The normalized spacial score (nSPS) is 20.7. The molecular formula is C13H20N6O2. The number of H-pyrrole nitrogens is 1. The van der Waals surface area contributed by atoms with Gasteiger partial charge in [0, 0.05) is 13.0 Å². The molecule has 0 spiro atoms. The summed E-state index contributed by atoms with van der Waals surface area (Å²) in [5, 5.41) is 0. The van der Waals surface area contributed by atoms with Gasteiger partial charge in [0.2, 0.25) is 5.95 Å². The van der Waals surface area contributed by atoms with Crippen molar-refractivity contribution in [1.82, 2.24) is 19.9 Å². The van der Waals surface area contributed by atoms with Gasteiger partial charge < -0.3 is 25.9 Å². The van der Waals surface area contributed by atoms with E-state index in [-0.39, 0.29) is 18.3 Å². The Kier molecular flexibility index (Phi) is 3.89. The number of hydrogen-bond acceptors (Lipinski definition) is 7. The van der Waals surface area contributed by atoms with Crippen LogP contribution in [-0.4, -0.2) is 38.9 Å². The fraction of sp³-hybridized carbons (Fsp3) is 0.615. The zero-order chi connectivity index (χ0) is 14.8.